The van der Waals surface area contributed by atoms with Gasteiger partial charge in [0, 0.05) is 28.7 Å². The Balaban J connectivity index is 0.00000192. The van der Waals surface area contributed by atoms with E-state index in [1.807, 2.05) is 18.3 Å². The van der Waals surface area contributed by atoms with Crippen molar-refractivity contribution in [2.24, 2.45) is 5.73 Å². The first-order valence-electron chi connectivity index (χ1n) is 6.82. The van der Waals surface area contributed by atoms with Crippen LogP contribution in [0.25, 0.3) is 11.3 Å². The van der Waals surface area contributed by atoms with E-state index in [9.17, 15) is 8.42 Å². The molecule has 0 saturated heterocycles. The molecular weight excluding hydrogens is 357 g/mol. The van der Waals surface area contributed by atoms with E-state index in [1.54, 1.807) is 18.2 Å². The van der Waals surface area contributed by atoms with Gasteiger partial charge in [-0.15, -0.1) is 12.4 Å². The van der Waals surface area contributed by atoms with Gasteiger partial charge in [0.25, 0.3) is 0 Å². The smallest absolute Gasteiger partial charge is 0.229 e. The first-order valence-corrected chi connectivity index (χ1v) is 9.09. The van der Waals surface area contributed by atoms with Crippen LogP contribution in [-0.4, -0.2) is 25.7 Å². The van der Waals surface area contributed by atoms with Gasteiger partial charge in [-0.3, -0.25) is 9.71 Å². The summed E-state index contributed by atoms with van der Waals surface area (Å²) >= 11 is 6.06. The average Bonchev–Trinajstić information content (AvgIpc) is 3.13. The molecule has 3 N–H and O–H groups in total. The number of hydrogen-bond donors (Lipinski definition) is 2. The van der Waals surface area contributed by atoms with Crippen molar-refractivity contribution in [1.29, 1.82) is 0 Å². The van der Waals surface area contributed by atoms with Crippen LogP contribution in [0.1, 0.15) is 17.9 Å². The van der Waals surface area contributed by atoms with Crippen molar-refractivity contribution in [2.75, 3.05) is 11.0 Å². The molecule has 0 aliphatic heterocycles. The quantitative estimate of drug-likeness (QED) is 0.862. The van der Waals surface area contributed by atoms with Crippen molar-refractivity contribution in [3.05, 3.63) is 47.1 Å². The number of nitrogens with one attached hydrogen (secondary N) is 1. The van der Waals surface area contributed by atoms with Gasteiger partial charge >= 0.3 is 0 Å². The zero-order valence-corrected chi connectivity index (χ0v) is 14.8. The first-order chi connectivity index (χ1) is 10.3. The van der Waals surface area contributed by atoms with E-state index in [1.165, 1.54) is 0 Å². The zero-order chi connectivity index (χ0) is 15.9. The molecular formula is C15H17Cl2N3O2S. The summed E-state index contributed by atoms with van der Waals surface area (Å²) in [7, 11) is -3.35. The minimum atomic E-state index is -3.35. The van der Waals surface area contributed by atoms with E-state index in [0.29, 0.717) is 16.6 Å². The van der Waals surface area contributed by atoms with Gasteiger partial charge in [-0.05, 0) is 36.2 Å². The Labute approximate surface area is 146 Å². The molecule has 2 unspecified atom stereocenters. The number of anilines is 1. The van der Waals surface area contributed by atoms with Crippen LogP contribution < -0.4 is 10.5 Å². The zero-order valence-electron chi connectivity index (χ0n) is 12.4. The highest BCUT2D eigenvalue weighted by Gasteiger charge is 2.34. The van der Waals surface area contributed by atoms with E-state index in [2.05, 4.69) is 9.71 Å². The monoisotopic (exact) mass is 373 g/mol. The molecule has 2 atom stereocenters. The standard InChI is InChI=1S/C15H16ClN3O2S.ClH/c1-22(20,21)19-12-5-10(4-11(16)6-12)15-3-2-9(8-18-15)13-7-14(13)17;/h2-6,8,13-14,19H,7,17H2,1H3;1H. The van der Waals surface area contributed by atoms with Crippen molar-refractivity contribution in [3.8, 4) is 11.3 Å². The van der Waals surface area contributed by atoms with Crippen molar-refractivity contribution in [1.82, 2.24) is 4.98 Å². The van der Waals surface area contributed by atoms with Gasteiger partial charge in [0.05, 0.1) is 17.6 Å². The number of halogens is 2. The van der Waals surface area contributed by atoms with E-state index in [-0.39, 0.29) is 18.4 Å². The lowest BCUT2D eigenvalue weighted by atomic mass is 10.1. The second-order valence-corrected chi connectivity index (χ2v) is 7.77. The van der Waals surface area contributed by atoms with E-state index >= 15 is 0 Å². The highest BCUT2D eigenvalue weighted by atomic mass is 35.5. The maximum atomic E-state index is 11.3. The summed E-state index contributed by atoms with van der Waals surface area (Å²) in [4.78, 5) is 4.43. The summed E-state index contributed by atoms with van der Waals surface area (Å²) in [5, 5.41) is 0.443. The number of sulfonamides is 1. The predicted molar refractivity (Wildman–Crippen MR) is 95.7 cm³/mol. The second kappa shape index (κ2) is 6.65. The Morgan fingerprint density at radius 3 is 2.52 bits per heavy atom. The van der Waals surface area contributed by atoms with Gasteiger partial charge in [0.15, 0.2) is 0 Å². The molecule has 124 valence electrons. The molecule has 1 aliphatic rings. The summed E-state index contributed by atoms with van der Waals surface area (Å²) in [5.41, 5.74) is 8.87. The SMILES string of the molecule is CS(=O)(=O)Nc1cc(Cl)cc(-c2ccc(C3CC3N)cn2)c1.Cl. The minimum Gasteiger partial charge on any atom is -0.327 e. The van der Waals surface area contributed by atoms with Crippen LogP contribution >= 0.6 is 24.0 Å². The van der Waals surface area contributed by atoms with Gasteiger partial charge in [-0.25, -0.2) is 8.42 Å². The van der Waals surface area contributed by atoms with E-state index in [4.69, 9.17) is 17.3 Å². The molecule has 1 heterocycles. The van der Waals surface area contributed by atoms with Crippen LogP contribution in [0.4, 0.5) is 5.69 Å². The molecule has 1 aromatic heterocycles. The largest absolute Gasteiger partial charge is 0.327 e. The maximum absolute atomic E-state index is 11.3. The Morgan fingerprint density at radius 2 is 2.00 bits per heavy atom. The molecule has 5 nitrogen and oxygen atoms in total. The minimum absolute atomic E-state index is 0. The molecule has 0 bridgehead atoms. The van der Waals surface area contributed by atoms with Crippen LogP contribution in [0.3, 0.4) is 0 Å². The topological polar surface area (TPSA) is 85.1 Å². The third-order valence-electron chi connectivity index (χ3n) is 3.55. The van der Waals surface area contributed by atoms with Gasteiger partial charge in [-0.1, -0.05) is 17.7 Å². The van der Waals surface area contributed by atoms with Crippen LogP contribution in [0.5, 0.6) is 0 Å². The number of nitrogens with two attached hydrogens (primary N) is 1. The molecule has 1 saturated carbocycles. The molecule has 1 aromatic carbocycles. The fourth-order valence-electron chi connectivity index (χ4n) is 2.40. The molecule has 1 aliphatic carbocycles. The number of nitrogens with zero attached hydrogens (tertiary/aromatic N) is 1. The summed E-state index contributed by atoms with van der Waals surface area (Å²) in [5.74, 6) is 0.406. The number of aromatic nitrogens is 1. The third-order valence-corrected chi connectivity index (χ3v) is 4.38. The molecule has 8 heteroatoms. The molecule has 0 radical (unpaired) electrons. The Kier molecular flexibility index (Phi) is 5.20. The molecule has 2 aromatic rings. The summed E-state index contributed by atoms with van der Waals surface area (Å²) in [6.07, 6.45) is 3.91. The first kappa shape index (κ1) is 18.0. The maximum Gasteiger partial charge on any atom is 0.229 e. The number of pyridine rings is 1. The highest BCUT2D eigenvalue weighted by Crippen LogP contribution is 2.39. The van der Waals surface area contributed by atoms with Crippen molar-refractivity contribution < 1.29 is 8.42 Å². The van der Waals surface area contributed by atoms with Crippen molar-refractivity contribution >= 4 is 39.7 Å². The molecule has 0 amide bonds. The third kappa shape index (κ3) is 4.57. The molecule has 23 heavy (non-hydrogen) atoms. The Hall–Kier alpha value is -1.34. The lowest BCUT2D eigenvalue weighted by molar-refractivity contribution is 0.607. The van der Waals surface area contributed by atoms with E-state index < -0.39 is 10.0 Å². The lowest BCUT2D eigenvalue weighted by Gasteiger charge is -2.08. The van der Waals surface area contributed by atoms with Crippen LogP contribution in [-0.2, 0) is 10.0 Å². The van der Waals surface area contributed by atoms with Gasteiger partial charge < -0.3 is 5.73 Å². The van der Waals surface area contributed by atoms with Crippen LogP contribution in [0, 0.1) is 0 Å². The van der Waals surface area contributed by atoms with E-state index in [0.717, 1.165) is 29.5 Å². The Bertz CT molecular complexity index is 810. The second-order valence-electron chi connectivity index (χ2n) is 5.59. The van der Waals surface area contributed by atoms with Gasteiger partial charge in [-0.2, -0.15) is 0 Å². The summed E-state index contributed by atoms with van der Waals surface area (Å²) in [6.45, 7) is 0. The Morgan fingerprint density at radius 1 is 1.30 bits per heavy atom. The number of benzene rings is 1. The van der Waals surface area contributed by atoms with Crippen LogP contribution in [0.2, 0.25) is 5.02 Å². The number of hydrogen-bond acceptors (Lipinski definition) is 4. The predicted octanol–water partition coefficient (Wildman–Crippen LogP) is 3.01. The molecule has 3 rings (SSSR count). The van der Waals surface area contributed by atoms with Gasteiger partial charge in [0.1, 0.15) is 0 Å². The lowest BCUT2D eigenvalue weighted by Crippen LogP contribution is -2.09. The number of rotatable bonds is 4. The molecule has 0 spiro atoms. The molecule has 1 fully saturated rings. The highest BCUT2D eigenvalue weighted by molar-refractivity contribution is 7.92. The fraction of sp³-hybridized carbons (Fsp3) is 0.267. The van der Waals surface area contributed by atoms with Crippen LogP contribution in [0.15, 0.2) is 36.5 Å². The van der Waals surface area contributed by atoms with Crippen molar-refractivity contribution in [3.63, 3.8) is 0 Å². The normalized spacial score (nSPS) is 19.8. The summed E-state index contributed by atoms with van der Waals surface area (Å²) < 4.78 is 25.1. The van der Waals surface area contributed by atoms with Crippen molar-refractivity contribution in [2.45, 2.75) is 18.4 Å². The summed E-state index contributed by atoms with van der Waals surface area (Å²) in [6, 6.07) is 9.16. The fourth-order valence-corrected chi connectivity index (χ4v) is 3.18. The average molecular weight is 374 g/mol. The van der Waals surface area contributed by atoms with Gasteiger partial charge in [0.2, 0.25) is 10.0 Å².